The summed E-state index contributed by atoms with van der Waals surface area (Å²) in [6, 6.07) is 13.0. The fraction of sp³-hybridized carbons (Fsp3) is 0.381. The minimum atomic E-state index is -0.306. The maximum atomic E-state index is 12.1. The number of urea groups is 1. The molecule has 6 heteroatoms. The minimum absolute atomic E-state index is 0.0798. The maximum Gasteiger partial charge on any atom is 0.321 e. The molecule has 146 valence electrons. The zero-order valence-electron chi connectivity index (χ0n) is 16.5. The summed E-state index contributed by atoms with van der Waals surface area (Å²) in [7, 11) is 0. The zero-order chi connectivity index (χ0) is 19.6. The molecule has 2 rings (SSSR count). The third-order valence-electron chi connectivity index (χ3n) is 4.19. The first-order chi connectivity index (χ1) is 13.1. The van der Waals surface area contributed by atoms with Crippen molar-refractivity contribution in [1.82, 2.24) is 5.32 Å². The van der Waals surface area contributed by atoms with Crippen molar-refractivity contribution in [2.75, 3.05) is 36.6 Å². The SMILES string of the molecule is CCOc1ccc(OCNC(=O)Nc2ccc(N(CC)CC)cc2C)cc1. The quantitative estimate of drug-likeness (QED) is 0.642. The van der Waals surface area contributed by atoms with Gasteiger partial charge < -0.3 is 25.0 Å². The molecule has 0 spiro atoms. The molecular weight excluding hydrogens is 342 g/mol. The Kier molecular flexibility index (Phi) is 7.79. The molecule has 0 atom stereocenters. The van der Waals surface area contributed by atoms with Crippen molar-refractivity contribution >= 4 is 17.4 Å². The van der Waals surface area contributed by atoms with Gasteiger partial charge in [0.2, 0.25) is 0 Å². The van der Waals surface area contributed by atoms with E-state index < -0.39 is 0 Å². The average Bonchev–Trinajstić information content (AvgIpc) is 2.66. The molecule has 0 fully saturated rings. The van der Waals surface area contributed by atoms with Crippen LogP contribution in [-0.4, -0.2) is 32.5 Å². The van der Waals surface area contributed by atoms with Crippen molar-refractivity contribution in [1.29, 1.82) is 0 Å². The molecule has 2 amide bonds. The third-order valence-corrected chi connectivity index (χ3v) is 4.19. The molecular formula is C21H29N3O3. The molecule has 2 N–H and O–H groups in total. The minimum Gasteiger partial charge on any atom is -0.494 e. The number of rotatable bonds is 9. The lowest BCUT2D eigenvalue weighted by atomic mass is 10.1. The lowest BCUT2D eigenvalue weighted by Gasteiger charge is -2.22. The Morgan fingerprint density at radius 1 is 0.963 bits per heavy atom. The van der Waals surface area contributed by atoms with Crippen LogP contribution in [0, 0.1) is 6.92 Å². The van der Waals surface area contributed by atoms with Crippen LogP contribution in [0.3, 0.4) is 0 Å². The fourth-order valence-corrected chi connectivity index (χ4v) is 2.72. The third kappa shape index (κ3) is 6.09. The number of ether oxygens (including phenoxy) is 2. The van der Waals surface area contributed by atoms with Crippen LogP contribution in [0.15, 0.2) is 42.5 Å². The number of hydrogen-bond acceptors (Lipinski definition) is 4. The number of nitrogens with zero attached hydrogens (tertiary/aromatic N) is 1. The average molecular weight is 371 g/mol. The van der Waals surface area contributed by atoms with Crippen molar-refractivity contribution in [3.63, 3.8) is 0 Å². The summed E-state index contributed by atoms with van der Waals surface area (Å²) in [5.41, 5.74) is 2.95. The lowest BCUT2D eigenvalue weighted by molar-refractivity contribution is 0.234. The Labute approximate surface area is 161 Å². The molecule has 0 aliphatic heterocycles. The number of aryl methyl sites for hydroxylation is 1. The first-order valence-corrected chi connectivity index (χ1v) is 9.33. The summed E-state index contributed by atoms with van der Waals surface area (Å²) in [6.07, 6.45) is 0. The summed E-state index contributed by atoms with van der Waals surface area (Å²) in [5, 5.41) is 5.55. The normalized spacial score (nSPS) is 10.2. The molecule has 0 saturated heterocycles. The molecule has 2 aromatic carbocycles. The van der Waals surface area contributed by atoms with E-state index in [2.05, 4.69) is 35.4 Å². The topological polar surface area (TPSA) is 62.8 Å². The van der Waals surface area contributed by atoms with Gasteiger partial charge in [0.05, 0.1) is 6.61 Å². The van der Waals surface area contributed by atoms with Crippen molar-refractivity contribution in [3.8, 4) is 11.5 Å². The zero-order valence-corrected chi connectivity index (χ0v) is 16.5. The Balaban J connectivity index is 1.83. The van der Waals surface area contributed by atoms with Crippen molar-refractivity contribution in [3.05, 3.63) is 48.0 Å². The van der Waals surface area contributed by atoms with E-state index in [-0.39, 0.29) is 12.8 Å². The van der Waals surface area contributed by atoms with Crippen LogP contribution in [0.2, 0.25) is 0 Å². The van der Waals surface area contributed by atoms with Gasteiger partial charge in [0.1, 0.15) is 11.5 Å². The van der Waals surface area contributed by atoms with E-state index in [1.165, 1.54) is 0 Å². The smallest absolute Gasteiger partial charge is 0.321 e. The second-order valence-electron chi connectivity index (χ2n) is 6.00. The van der Waals surface area contributed by atoms with Crippen molar-refractivity contribution in [2.24, 2.45) is 0 Å². The monoisotopic (exact) mass is 371 g/mol. The van der Waals surface area contributed by atoms with Gasteiger partial charge >= 0.3 is 6.03 Å². The number of hydrogen-bond donors (Lipinski definition) is 2. The molecule has 2 aromatic rings. The second-order valence-corrected chi connectivity index (χ2v) is 6.00. The number of amides is 2. The summed E-state index contributed by atoms with van der Waals surface area (Å²) in [5.74, 6) is 1.46. The Morgan fingerprint density at radius 3 is 2.15 bits per heavy atom. The van der Waals surface area contributed by atoms with Crippen LogP contribution in [-0.2, 0) is 0 Å². The van der Waals surface area contributed by atoms with Gasteiger partial charge in [-0.25, -0.2) is 4.79 Å². The number of nitrogens with one attached hydrogen (secondary N) is 2. The van der Waals surface area contributed by atoms with E-state index in [0.29, 0.717) is 12.4 Å². The largest absolute Gasteiger partial charge is 0.494 e. The molecule has 0 saturated carbocycles. The van der Waals surface area contributed by atoms with Crippen LogP contribution in [0.1, 0.15) is 26.3 Å². The molecule has 0 heterocycles. The van der Waals surface area contributed by atoms with Gasteiger partial charge in [0.15, 0.2) is 6.73 Å². The van der Waals surface area contributed by atoms with Gasteiger partial charge in [-0.1, -0.05) is 0 Å². The molecule has 0 aliphatic carbocycles. The first kappa shape index (κ1) is 20.4. The highest BCUT2D eigenvalue weighted by atomic mass is 16.5. The Morgan fingerprint density at radius 2 is 1.59 bits per heavy atom. The maximum absolute atomic E-state index is 12.1. The van der Waals surface area contributed by atoms with Gasteiger partial charge in [-0.3, -0.25) is 0 Å². The number of carbonyl (C=O) groups is 1. The van der Waals surface area contributed by atoms with Gasteiger partial charge in [-0.2, -0.15) is 0 Å². The molecule has 0 bridgehead atoms. The molecule has 0 radical (unpaired) electrons. The van der Waals surface area contributed by atoms with Gasteiger partial charge in [-0.05, 0) is 75.7 Å². The standard InChI is InChI=1S/C21H29N3O3/c1-5-24(6-2)17-8-13-20(16(4)14-17)23-21(25)22-15-27-19-11-9-18(10-12-19)26-7-3/h8-14H,5-7,15H2,1-4H3,(H2,22,23,25). The van der Waals surface area contributed by atoms with E-state index in [4.69, 9.17) is 9.47 Å². The fourth-order valence-electron chi connectivity index (χ4n) is 2.72. The van der Waals surface area contributed by atoms with Crippen molar-refractivity contribution in [2.45, 2.75) is 27.7 Å². The predicted molar refractivity (Wildman–Crippen MR) is 110 cm³/mol. The number of anilines is 2. The van der Waals surface area contributed by atoms with E-state index in [0.717, 1.165) is 35.8 Å². The van der Waals surface area contributed by atoms with E-state index in [1.54, 1.807) is 12.1 Å². The van der Waals surface area contributed by atoms with E-state index in [9.17, 15) is 4.79 Å². The number of benzene rings is 2. The van der Waals surface area contributed by atoms with Crippen LogP contribution in [0.25, 0.3) is 0 Å². The molecule has 0 aromatic heterocycles. The molecule has 0 unspecified atom stereocenters. The van der Waals surface area contributed by atoms with Crippen LogP contribution in [0.5, 0.6) is 11.5 Å². The van der Waals surface area contributed by atoms with Crippen LogP contribution >= 0.6 is 0 Å². The molecule has 27 heavy (non-hydrogen) atoms. The summed E-state index contributed by atoms with van der Waals surface area (Å²) in [6.45, 7) is 10.8. The van der Waals surface area contributed by atoms with E-state index in [1.807, 2.05) is 38.1 Å². The van der Waals surface area contributed by atoms with Crippen LogP contribution in [0.4, 0.5) is 16.2 Å². The van der Waals surface area contributed by atoms with Gasteiger partial charge in [-0.15, -0.1) is 0 Å². The molecule has 0 aliphatic rings. The highest BCUT2D eigenvalue weighted by Gasteiger charge is 2.08. The lowest BCUT2D eigenvalue weighted by Crippen LogP contribution is -2.32. The highest BCUT2D eigenvalue weighted by Crippen LogP contribution is 2.22. The van der Waals surface area contributed by atoms with E-state index >= 15 is 0 Å². The van der Waals surface area contributed by atoms with Crippen molar-refractivity contribution < 1.29 is 14.3 Å². The number of carbonyl (C=O) groups excluding carboxylic acids is 1. The van der Waals surface area contributed by atoms with Gasteiger partial charge in [0, 0.05) is 24.5 Å². The Bertz CT molecular complexity index is 728. The van der Waals surface area contributed by atoms with Gasteiger partial charge in [0.25, 0.3) is 0 Å². The second kappa shape index (κ2) is 10.3. The van der Waals surface area contributed by atoms with Crippen LogP contribution < -0.4 is 25.0 Å². The summed E-state index contributed by atoms with van der Waals surface area (Å²) < 4.78 is 10.9. The summed E-state index contributed by atoms with van der Waals surface area (Å²) >= 11 is 0. The Hall–Kier alpha value is -2.89. The highest BCUT2D eigenvalue weighted by molar-refractivity contribution is 5.90. The predicted octanol–water partition coefficient (Wildman–Crippen LogP) is 4.40. The summed E-state index contributed by atoms with van der Waals surface area (Å²) in [4.78, 5) is 14.4. The molecule has 6 nitrogen and oxygen atoms in total. The first-order valence-electron chi connectivity index (χ1n) is 9.33.